The molecule has 31 heavy (non-hydrogen) atoms. The highest BCUT2D eigenvalue weighted by molar-refractivity contribution is 6.27. The molecule has 1 aromatic rings. The Kier molecular flexibility index (Phi) is 15.1. The fourth-order valence-electron chi connectivity index (χ4n) is 2.18. The standard InChI is InChI=1S/C12H22ClNO3.C10H12FNO2/c1-12(2,3)17-11(16)14-8-6-4-5-7-10(15)9-13;11-5-2-6-14-9-4-1-3-8(7-9)10(12)13/h4-9H2,1-3H3,(H,14,16);1,3-4,7H,2,5-6H2,(H2,12,13). The van der Waals surface area contributed by atoms with E-state index in [1.165, 1.54) is 0 Å². The minimum absolute atomic E-state index is 0.0757. The first-order valence-electron chi connectivity index (χ1n) is 10.2. The molecule has 0 aliphatic rings. The second-order valence-corrected chi connectivity index (χ2v) is 7.96. The number of amides is 2. The van der Waals surface area contributed by atoms with Crippen molar-refractivity contribution in [2.75, 3.05) is 25.7 Å². The van der Waals surface area contributed by atoms with Crippen molar-refractivity contribution in [2.24, 2.45) is 5.73 Å². The van der Waals surface area contributed by atoms with Crippen LogP contribution in [0.3, 0.4) is 0 Å². The van der Waals surface area contributed by atoms with Gasteiger partial charge >= 0.3 is 6.09 Å². The number of ether oxygens (including phenoxy) is 2. The highest BCUT2D eigenvalue weighted by Gasteiger charge is 2.15. The Morgan fingerprint density at radius 3 is 2.42 bits per heavy atom. The Morgan fingerprint density at radius 2 is 1.84 bits per heavy atom. The lowest BCUT2D eigenvalue weighted by atomic mass is 10.1. The highest BCUT2D eigenvalue weighted by Crippen LogP contribution is 2.13. The van der Waals surface area contributed by atoms with Gasteiger partial charge in [0.2, 0.25) is 5.91 Å². The number of carbonyl (C=O) groups excluding carboxylic acids is 3. The number of halogens is 2. The van der Waals surface area contributed by atoms with E-state index in [4.69, 9.17) is 26.8 Å². The number of primary amides is 1. The molecule has 0 aliphatic carbocycles. The first-order chi connectivity index (χ1) is 14.6. The molecule has 0 saturated carbocycles. The molecule has 0 bridgehead atoms. The Balaban J connectivity index is 0.000000590. The Bertz CT molecular complexity index is 680. The molecule has 0 atom stereocenters. The summed E-state index contributed by atoms with van der Waals surface area (Å²) in [5.41, 5.74) is 5.01. The molecule has 0 spiro atoms. The van der Waals surface area contributed by atoms with Gasteiger partial charge in [0.25, 0.3) is 0 Å². The third kappa shape index (κ3) is 17.1. The fraction of sp³-hybridized carbons (Fsp3) is 0.591. The van der Waals surface area contributed by atoms with Gasteiger partial charge in [0.05, 0.1) is 19.2 Å². The number of benzene rings is 1. The van der Waals surface area contributed by atoms with Gasteiger partial charge in [-0.05, 0) is 51.8 Å². The number of alkyl carbamates (subject to hydrolysis) is 1. The predicted molar refractivity (Wildman–Crippen MR) is 119 cm³/mol. The lowest BCUT2D eigenvalue weighted by Crippen LogP contribution is -2.32. The maximum Gasteiger partial charge on any atom is 0.407 e. The smallest absolute Gasteiger partial charge is 0.407 e. The molecule has 176 valence electrons. The van der Waals surface area contributed by atoms with Crippen LogP contribution in [0.1, 0.15) is 63.2 Å². The number of nitrogens with two attached hydrogens (primary N) is 1. The van der Waals surface area contributed by atoms with Crippen LogP contribution in [0.5, 0.6) is 5.75 Å². The van der Waals surface area contributed by atoms with Gasteiger partial charge in [-0.15, -0.1) is 11.6 Å². The van der Waals surface area contributed by atoms with E-state index in [9.17, 15) is 18.8 Å². The van der Waals surface area contributed by atoms with E-state index in [2.05, 4.69) is 5.32 Å². The monoisotopic (exact) mass is 460 g/mol. The predicted octanol–water partition coefficient (Wildman–Crippen LogP) is 4.40. The molecule has 1 aromatic carbocycles. The van der Waals surface area contributed by atoms with Crippen molar-refractivity contribution in [2.45, 2.75) is 58.5 Å². The summed E-state index contributed by atoms with van der Waals surface area (Å²) in [6, 6.07) is 6.51. The molecule has 7 nitrogen and oxygen atoms in total. The van der Waals surface area contributed by atoms with Crippen LogP contribution in [-0.2, 0) is 9.53 Å². The third-order valence-electron chi connectivity index (χ3n) is 3.61. The first-order valence-corrected chi connectivity index (χ1v) is 10.8. The molecule has 3 N–H and O–H groups in total. The van der Waals surface area contributed by atoms with Crippen LogP contribution in [0.4, 0.5) is 9.18 Å². The van der Waals surface area contributed by atoms with Crippen molar-refractivity contribution in [1.29, 1.82) is 0 Å². The lowest BCUT2D eigenvalue weighted by Gasteiger charge is -2.19. The summed E-state index contributed by atoms with van der Waals surface area (Å²) < 4.78 is 22.0. The van der Waals surface area contributed by atoms with Gasteiger partial charge in [0, 0.05) is 24.9 Å². The summed E-state index contributed by atoms with van der Waals surface area (Å²) in [6.45, 7) is 5.94. The Hall–Kier alpha value is -2.35. The number of nitrogens with one attached hydrogen (secondary N) is 1. The van der Waals surface area contributed by atoms with Crippen LogP contribution in [0.2, 0.25) is 0 Å². The zero-order valence-corrected chi connectivity index (χ0v) is 19.3. The van der Waals surface area contributed by atoms with Crippen molar-refractivity contribution >= 4 is 29.4 Å². The van der Waals surface area contributed by atoms with Crippen LogP contribution in [-0.4, -0.2) is 49.1 Å². The van der Waals surface area contributed by atoms with Crippen LogP contribution >= 0.6 is 11.6 Å². The topological polar surface area (TPSA) is 108 Å². The number of hydrogen-bond acceptors (Lipinski definition) is 5. The van der Waals surface area contributed by atoms with Gasteiger partial charge in [-0.2, -0.15) is 0 Å². The molecule has 0 heterocycles. The van der Waals surface area contributed by atoms with Crippen molar-refractivity contribution in [3.05, 3.63) is 29.8 Å². The number of rotatable bonds is 12. The SMILES string of the molecule is CC(C)(C)OC(=O)NCCCCCC(=O)CCl.NC(=O)c1cccc(OCCCF)c1. The molecular formula is C22H34ClFN2O5. The maximum atomic E-state index is 11.7. The molecule has 0 unspecified atom stereocenters. The summed E-state index contributed by atoms with van der Waals surface area (Å²) in [4.78, 5) is 32.9. The number of alkyl halides is 2. The Morgan fingerprint density at radius 1 is 1.13 bits per heavy atom. The van der Waals surface area contributed by atoms with Crippen molar-refractivity contribution in [1.82, 2.24) is 5.32 Å². The summed E-state index contributed by atoms with van der Waals surface area (Å²) in [7, 11) is 0. The quantitative estimate of drug-likeness (QED) is 0.355. The second-order valence-electron chi connectivity index (χ2n) is 7.69. The average molecular weight is 461 g/mol. The number of Topliss-reactive ketones (excluding diaryl/α,β-unsaturated/α-hetero) is 1. The zero-order valence-electron chi connectivity index (χ0n) is 18.5. The van der Waals surface area contributed by atoms with Crippen molar-refractivity contribution in [3.8, 4) is 5.75 Å². The van der Waals surface area contributed by atoms with Gasteiger partial charge in [0.1, 0.15) is 17.1 Å². The van der Waals surface area contributed by atoms with E-state index >= 15 is 0 Å². The van der Waals surface area contributed by atoms with E-state index in [0.717, 1.165) is 19.3 Å². The zero-order chi connectivity index (χ0) is 23.7. The van der Waals surface area contributed by atoms with Gasteiger partial charge in [-0.1, -0.05) is 12.5 Å². The van der Waals surface area contributed by atoms with Gasteiger partial charge in [0.15, 0.2) is 0 Å². The van der Waals surface area contributed by atoms with Crippen LogP contribution in [0.25, 0.3) is 0 Å². The van der Waals surface area contributed by atoms with Crippen LogP contribution < -0.4 is 15.8 Å². The normalized spacial score (nSPS) is 10.5. The number of hydrogen-bond donors (Lipinski definition) is 2. The van der Waals surface area contributed by atoms with E-state index in [1.54, 1.807) is 24.3 Å². The second kappa shape index (κ2) is 16.4. The van der Waals surface area contributed by atoms with Crippen LogP contribution in [0.15, 0.2) is 24.3 Å². The number of ketones is 1. The molecule has 2 amide bonds. The molecule has 0 saturated heterocycles. The summed E-state index contributed by atoms with van der Waals surface area (Å²) in [5, 5.41) is 2.67. The number of unbranched alkanes of at least 4 members (excludes halogenated alkanes) is 2. The molecular weight excluding hydrogens is 427 g/mol. The van der Waals surface area contributed by atoms with Crippen molar-refractivity contribution < 1.29 is 28.2 Å². The summed E-state index contributed by atoms with van der Waals surface area (Å²) in [6.07, 6.45) is 3.04. The summed E-state index contributed by atoms with van der Waals surface area (Å²) >= 11 is 5.37. The molecule has 1 rings (SSSR count). The summed E-state index contributed by atoms with van der Waals surface area (Å²) in [5.74, 6) is 0.207. The maximum absolute atomic E-state index is 11.7. The molecule has 0 radical (unpaired) electrons. The average Bonchev–Trinajstić information content (AvgIpc) is 2.70. The molecule has 9 heteroatoms. The minimum atomic E-state index is -0.499. The van der Waals surface area contributed by atoms with Gasteiger partial charge in [-0.25, -0.2) is 4.79 Å². The van der Waals surface area contributed by atoms with Gasteiger partial charge < -0.3 is 20.5 Å². The minimum Gasteiger partial charge on any atom is -0.493 e. The molecule has 0 fully saturated rings. The van der Waals surface area contributed by atoms with Crippen LogP contribution in [0, 0.1) is 0 Å². The number of carbonyl (C=O) groups is 3. The van der Waals surface area contributed by atoms with E-state index in [-0.39, 0.29) is 11.7 Å². The van der Waals surface area contributed by atoms with E-state index < -0.39 is 24.3 Å². The third-order valence-corrected chi connectivity index (χ3v) is 3.91. The van der Waals surface area contributed by atoms with Crippen molar-refractivity contribution in [3.63, 3.8) is 0 Å². The fourth-order valence-corrected chi connectivity index (χ4v) is 2.31. The van der Waals surface area contributed by atoms with Gasteiger partial charge in [-0.3, -0.25) is 14.0 Å². The lowest BCUT2D eigenvalue weighted by molar-refractivity contribution is -0.116. The molecule has 0 aromatic heterocycles. The molecule has 0 aliphatic heterocycles. The van der Waals surface area contributed by atoms with E-state index in [1.807, 2.05) is 20.8 Å². The first kappa shape index (κ1) is 28.6. The Labute approximate surface area is 188 Å². The van der Waals surface area contributed by atoms with E-state index in [0.29, 0.717) is 37.3 Å². The largest absolute Gasteiger partial charge is 0.493 e. The highest BCUT2D eigenvalue weighted by atomic mass is 35.5.